The molecule has 0 atom stereocenters. The molecule has 0 amide bonds. The molecule has 7 nitrogen and oxygen atoms in total. The fourth-order valence-corrected chi connectivity index (χ4v) is 3.23. The molecule has 3 aromatic rings. The molecule has 3 heterocycles. The number of anilines is 1. The number of methoxy groups -OCH3 is 1. The van der Waals surface area contributed by atoms with Gasteiger partial charge in [-0.25, -0.2) is 15.0 Å². The third-order valence-corrected chi connectivity index (χ3v) is 4.43. The monoisotopic (exact) mass is 403 g/mol. The summed E-state index contributed by atoms with van der Waals surface area (Å²) in [7, 11) is 3.48. The van der Waals surface area contributed by atoms with Crippen molar-refractivity contribution in [2.45, 2.75) is 12.8 Å². The zero-order valence-electron chi connectivity index (χ0n) is 14.0. The Hall–Kier alpha value is -2.32. The Bertz CT molecular complexity index is 938. The number of aromatic nitrogens is 4. The number of fused-ring (bicyclic) bond motifs is 1. The van der Waals surface area contributed by atoms with Crippen LogP contribution in [0.15, 0.2) is 29.1 Å². The van der Waals surface area contributed by atoms with Gasteiger partial charge in [0.25, 0.3) is 0 Å². The molecule has 0 unspecified atom stereocenters. The second-order valence-electron chi connectivity index (χ2n) is 5.63. The molecule has 0 aliphatic rings. The minimum Gasteiger partial charge on any atom is -0.385 e. The van der Waals surface area contributed by atoms with Crippen LogP contribution in [0.2, 0.25) is 0 Å². The highest BCUT2D eigenvalue weighted by atomic mass is 79.9. The minimum atomic E-state index is 0.0269. The average molecular weight is 404 g/mol. The number of hydrogen-bond donors (Lipinski definition) is 1. The summed E-state index contributed by atoms with van der Waals surface area (Å²) in [6.07, 6.45) is 4.37. The lowest BCUT2D eigenvalue weighted by atomic mass is 10.0. The van der Waals surface area contributed by atoms with Crippen LogP contribution in [0.25, 0.3) is 22.2 Å². The first kappa shape index (κ1) is 17.5. The molecular weight excluding hydrogens is 386 g/mol. The number of nitrogen functional groups attached to an aromatic ring is 1. The van der Waals surface area contributed by atoms with E-state index < -0.39 is 0 Å². The van der Waals surface area contributed by atoms with Crippen molar-refractivity contribution in [3.05, 3.63) is 34.8 Å². The number of ether oxygens (including phenoxy) is 1. The van der Waals surface area contributed by atoms with Gasteiger partial charge in [-0.1, -0.05) is 0 Å². The summed E-state index contributed by atoms with van der Waals surface area (Å²) in [5, 5.41) is 0.887. The Morgan fingerprint density at radius 2 is 2.20 bits per heavy atom. The molecule has 3 rings (SSSR count). The number of pyridine rings is 1. The summed E-state index contributed by atoms with van der Waals surface area (Å²) >= 11 is 3.40. The van der Waals surface area contributed by atoms with E-state index in [0.29, 0.717) is 35.4 Å². The van der Waals surface area contributed by atoms with Crippen LogP contribution in [0.4, 0.5) is 5.95 Å². The molecule has 25 heavy (non-hydrogen) atoms. The van der Waals surface area contributed by atoms with E-state index in [0.717, 1.165) is 16.5 Å². The van der Waals surface area contributed by atoms with Gasteiger partial charge in [-0.2, -0.15) is 0 Å². The van der Waals surface area contributed by atoms with E-state index in [2.05, 4.69) is 30.9 Å². The maximum atomic E-state index is 12.9. The van der Waals surface area contributed by atoms with Crippen LogP contribution in [-0.2, 0) is 11.8 Å². The van der Waals surface area contributed by atoms with Gasteiger partial charge >= 0.3 is 0 Å². The Kier molecular flexibility index (Phi) is 5.10. The van der Waals surface area contributed by atoms with Gasteiger partial charge in [0.15, 0.2) is 5.78 Å². The van der Waals surface area contributed by atoms with Gasteiger partial charge < -0.3 is 15.0 Å². The van der Waals surface area contributed by atoms with E-state index in [1.807, 2.05) is 17.7 Å². The lowest BCUT2D eigenvalue weighted by Gasteiger charge is -2.07. The number of hydrogen-bond acceptors (Lipinski definition) is 6. The Labute approximate surface area is 153 Å². The number of nitrogens with two attached hydrogens (primary N) is 1. The molecule has 0 aliphatic carbocycles. The zero-order chi connectivity index (χ0) is 18.0. The summed E-state index contributed by atoms with van der Waals surface area (Å²) in [4.78, 5) is 25.4. The van der Waals surface area contributed by atoms with Crippen LogP contribution in [-0.4, -0.2) is 39.0 Å². The molecule has 0 bridgehead atoms. The first-order valence-electron chi connectivity index (χ1n) is 7.78. The van der Waals surface area contributed by atoms with E-state index >= 15 is 0 Å². The highest BCUT2D eigenvalue weighted by Gasteiger charge is 2.23. The van der Waals surface area contributed by atoms with Crippen LogP contribution < -0.4 is 5.73 Å². The van der Waals surface area contributed by atoms with Gasteiger partial charge in [-0.3, -0.25) is 4.79 Å². The fourth-order valence-electron chi connectivity index (χ4n) is 2.90. The van der Waals surface area contributed by atoms with Crippen LogP contribution in [0.1, 0.15) is 23.3 Å². The van der Waals surface area contributed by atoms with Crippen molar-refractivity contribution in [3.8, 4) is 11.3 Å². The van der Waals surface area contributed by atoms with Gasteiger partial charge in [0.2, 0.25) is 5.95 Å². The molecule has 0 saturated carbocycles. The Morgan fingerprint density at radius 3 is 2.92 bits per heavy atom. The molecule has 0 aromatic carbocycles. The molecular formula is C17H18BrN5O2. The largest absolute Gasteiger partial charge is 0.385 e. The number of rotatable bonds is 6. The highest BCUT2D eigenvalue weighted by molar-refractivity contribution is 9.10. The lowest BCUT2D eigenvalue weighted by Crippen LogP contribution is -2.09. The molecule has 2 N–H and O–H groups in total. The molecule has 0 saturated heterocycles. The molecule has 0 fully saturated rings. The van der Waals surface area contributed by atoms with Crippen molar-refractivity contribution >= 4 is 38.6 Å². The highest BCUT2D eigenvalue weighted by Crippen LogP contribution is 2.35. The summed E-state index contributed by atoms with van der Waals surface area (Å²) in [6.45, 7) is 0.540. The standard InChI is InChI=1S/C17H18BrN5O2/c1-23-12-9-21-14(18)8-10(12)15(11-5-6-20-17(19)22-11)16(23)13(24)4-3-7-25-2/h5-6,8-9H,3-4,7H2,1-2H3,(H2,19,20,22). The molecule has 3 aromatic heterocycles. The summed E-state index contributed by atoms with van der Waals surface area (Å²) < 4.78 is 7.60. The Balaban J connectivity index is 2.22. The van der Waals surface area contributed by atoms with Crippen molar-refractivity contribution in [2.75, 3.05) is 19.5 Å². The first-order chi connectivity index (χ1) is 12.0. The molecule has 130 valence electrons. The predicted molar refractivity (Wildman–Crippen MR) is 99.3 cm³/mol. The number of carbonyl (C=O) groups is 1. The van der Waals surface area contributed by atoms with Crippen LogP contribution in [0, 0.1) is 0 Å². The zero-order valence-corrected chi connectivity index (χ0v) is 15.6. The van der Waals surface area contributed by atoms with Gasteiger partial charge in [0, 0.05) is 44.3 Å². The van der Waals surface area contributed by atoms with Crippen molar-refractivity contribution in [1.29, 1.82) is 0 Å². The average Bonchev–Trinajstić information content (AvgIpc) is 2.87. The number of ketones is 1. The molecule has 0 aliphatic heterocycles. The predicted octanol–water partition coefficient (Wildman–Crippen LogP) is 2.98. The van der Waals surface area contributed by atoms with Gasteiger partial charge in [0.1, 0.15) is 4.60 Å². The van der Waals surface area contributed by atoms with Crippen LogP contribution in [0.3, 0.4) is 0 Å². The second-order valence-corrected chi connectivity index (χ2v) is 6.44. The number of halogens is 1. The van der Waals surface area contributed by atoms with Crippen molar-refractivity contribution < 1.29 is 9.53 Å². The minimum absolute atomic E-state index is 0.0269. The first-order valence-corrected chi connectivity index (χ1v) is 8.57. The summed E-state index contributed by atoms with van der Waals surface area (Å²) in [6, 6.07) is 3.64. The summed E-state index contributed by atoms with van der Waals surface area (Å²) in [5.74, 6) is 0.194. The number of carbonyl (C=O) groups excluding carboxylic acids is 1. The lowest BCUT2D eigenvalue weighted by molar-refractivity contribution is 0.0956. The fraction of sp³-hybridized carbons (Fsp3) is 0.294. The molecule has 0 radical (unpaired) electrons. The van der Waals surface area contributed by atoms with Crippen molar-refractivity contribution in [2.24, 2.45) is 7.05 Å². The third kappa shape index (κ3) is 3.40. The maximum absolute atomic E-state index is 12.9. The number of nitrogens with zero attached hydrogens (tertiary/aromatic N) is 4. The SMILES string of the molecule is COCCCC(=O)c1c(-c2ccnc(N)n2)c2cc(Br)ncc2n1C. The smallest absolute Gasteiger partial charge is 0.220 e. The van der Waals surface area contributed by atoms with Gasteiger partial charge in [-0.15, -0.1) is 0 Å². The van der Waals surface area contributed by atoms with E-state index in [1.165, 1.54) is 0 Å². The Morgan fingerprint density at radius 1 is 1.40 bits per heavy atom. The van der Waals surface area contributed by atoms with Crippen LogP contribution >= 0.6 is 15.9 Å². The van der Waals surface area contributed by atoms with E-state index in [4.69, 9.17) is 10.5 Å². The third-order valence-electron chi connectivity index (χ3n) is 4.00. The second kappa shape index (κ2) is 7.28. The summed E-state index contributed by atoms with van der Waals surface area (Å²) in [5.41, 5.74) is 8.55. The van der Waals surface area contributed by atoms with Gasteiger partial charge in [-0.05, 0) is 34.5 Å². The topological polar surface area (TPSA) is 95.9 Å². The molecule has 0 spiro atoms. The number of aryl methyl sites for hydroxylation is 1. The normalized spacial score (nSPS) is 11.2. The van der Waals surface area contributed by atoms with Gasteiger partial charge in [0.05, 0.1) is 23.1 Å². The maximum Gasteiger partial charge on any atom is 0.220 e. The van der Waals surface area contributed by atoms with E-state index in [1.54, 1.807) is 25.6 Å². The number of Topliss-reactive ketones (excluding diaryl/α,β-unsaturated/α-hetero) is 1. The molecule has 8 heteroatoms. The quantitative estimate of drug-likeness (QED) is 0.386. The van der Waals surface area contributed by atoms with E-state index in [9.17, 15) is 4.79 Å². The van der Waals surface area contributed by atoms with E-state index in [-0.39, 0.29) is 11.7 Å². The van der Waals surface area contributed by atoms with Crippen molar-refractivity contribution in [1.82, 2.24) is 19.5 Å². The van der Waals surface area contributed by atoms with Crippen molar-refractivity contribution in [3.63, 3.8) is 0 Å². The van der Waals surface area contributed by atoms with Crippen LogP contribution in [0.5, 0.6) is 0 Å².